The van der Waals surface area contributed by atoms with Crippen molar-refractivity contribution in [2.45, 2.75) is 13.8 Å². The smallest absolute Gasteiger partial charge is 0.338 e. The van der Waals surface area contributed by atoms with Gasteiger partial charge in [0.25, 0.3) is 0 Å². The Kier molecular flexibility index (Phi) is 3.71. The highest BCUT2D eigenvalue weighted by Crippen LogP contribution is 2.13. The minimum Gasteiger partial charge on any atom is -0.465 e. The average Bonchev–Trinajstić information content (AvgIpc) is 2.20. The number of hydrogen-bond donors (Lipinski definition) is 1. The van der Waals surface area contributed by atoms with Gasteiger partial charge in [-0.15, -0.1) is 0 Å². The average molecular weight is 217 g/mol. The molecule has 5 heteroatoms. The van der Waals surface area contributed by atoms with Gasteiger partial charge < -0.3 is 10.1 Å². The monoisotopic (exact) mass is 217 g/mol. The number of ether oxygens (including phenoxy) is 1. The topological polar surface area (TPSA) is 55.4 Å². The summed E-state index contributed by atoms with van der Waals surface area (Å²) in [6, 6.07) is 3.13. The third kappa shape index (κ3) is 2.62. The van der Waals surface area contributed by atoms with E-state index in [2.05, 4.69) is 10.1 Å². The molecule has 0 atom stereocenters. The third-order valence-electron chi connectivity index (χ3n) is 2.11. The largest absolute Gasteiger partial charge is 0.465 e. The molecule has 0 saturated carbocycles. The Balaban J connectivity index is 3.21. The van der Waals surface area contributed by atoms with Crippen LogP contribution in [0.15, 0.2) is 12.1 Å². The van der Waals surface area contributed by atoms with Gasteiger partial charge in [0.2, 0.25) is 5.91 Å². The van der Waals surface area contributed by atoms with Crippen LogP contribution >= 0.6 is 0 Å². The maximum Gasteiger partial charge on any atom is 0.338 e. The fourth-order valence-corrected chi connectivity index (χ4v) is 1.36. The zero-order valence-electron chi connectivity index (χ0n) is 9.46. The normalized spacial score (nSPS) is 9.69. The Morgan fingerprint density at radius 1 is 1.38 bits per heavy atom. The molecular formula is C11H12BNO3. The van der Waals surface area contributed by atoms with E-state index in [4.69, 9.17) is 7.85 Å². The van der Waals surface area contributed by atoms with Crippen LogP contribution in [0, 0.1) is 6.92 Å². The molecule has 0 heterocycles. The van der Waals surface area contributed by atoms with E-state index in [1.54, 1.807) is 13.0 Å². The molecule has 0 unspecified atom stereocenters. The number of esters is 1. The second-order valence-electron chi connectivity index (χ2n) is 3.43. The molecule has 0 spiro atoms. The van der Waals surface area contributed by atoms with E-state index in [-0.39, 0.29) is 5.91 Å². The lowest BCUT2D eigenvalue weighted by Gasteiger charge is -2.11. The number of nitrogens with one attached hydrogen (secondary N) is 1. The zero-order valence-corrected chi connectivity index (χ0v) is 9.46. The van der Waals surface area contributed by atoms with Crippen molar-refractivity contribution < 1.29 is 14.3 Å². The minimum absolute atomic E-state index is 0.244. The molecule has 16 heavy (non-hydrogen) atoms. The van der Waals surface area contributed by atoms with E-state index in [0.717, 1.165) is 0 Å². The molecule has 0 aliphatic rings. The molecule has 0 bridgehead atoms. The van der Waals surface area contributed by atoms with Crippen molar-refractivity contribution in [3.8, 4) is 0 Å². The highest BCUT2D eigenvalue weighted by molar-refractivity contribution is 6.36. The van der Waals surface area contributed by atoms with Crippen molar-refractivity contribution in [3.05, 3.63) is 23.3 Å². The van der Waals surface area contributed by atoms with Gasteiger partial charge in [-0.3, -0.25) is 4.79 Å². The summed E-state index contributed by atoms with van der Waals surface area (Å²) >= 11 is 0. The number of carbonyl (C=O) groups excluding carboxylic acids is 2. The molecular weight excluding hydrogens is 205 g/mol. The first kappa shape index (κ1) is 12.3. The van der Waals surface area contributed by atoms with Crippen LogP contribution in [0.5, 0.6) is 0 Å². The lowest BCUT2D eigenvalue weighted by Crippen LogP contribution is -2.18. The summed E-state index contributed by atoms with van der Waals surface area (Å²) in [4.78, 5) is 22.3. The van der Waals surface area contributed by atoms with E-state index in [1.807, 2.05) is 0 Å². The lowest BCUT2D eigenvalue weighted by atomic mass is 9.90. The Labute approximate surface area is 95.4 Å². The fourth-order valence-electron chi connectivity index (χ4n) is 1.36. The number of rotatable bonds is 2. The van der Waals surface area contributed by atoms with Gasteiger partial charge in [0, 0.05) is 12.6 Å². The molecule has 0 aliphatic carbocycles. The predicted octanol–water partition coefficient (Wildman–Crippen LogP) is 0.534. The van der Waals surface area contributed by atoms with Gasteiger partial charge in [-0.05, 0) is 18.6 Å². The number of carbonyl (C=O) groups is 2. The quantitative estimate of drug-likeness (QED) is 0.580. The third-order valence-corrected chi connectivity index (χ3v) is 2.11. The summed E-state index contributed by atoms with van der Waals surface area (Å²) in [6.45, 7) is 3.12. The summed E-state index contributed by atoms with van der Waals surface area (Å²) in [5.41, 5.74) is 1.93. The van der Waals surface area contributed by atoms with Crippen LogP contribution in [0.25, 0.3) is 0 Å². The highest BCUT2D eigenvalue weighted by Gasteiger charge is 2.12. The number of amides is 1. The summed E-state index contributed by atoms with van der Waals surface area (Å²) in [6.07, 6.45) is 0. The zero-order chi connectivity index (χ0) is 12.3. The van der Waals surface area contributed by atoms with Crippen LogP contribution < -0.4 is 10.8 Å². The van der Waals surface area contributed by atoms with E-state index in [9.17, 15) is 9.59 Å². The van der Waals surface area contributed by atoms with Crippen LogP contribution in [-0.2, 0) is 9.53 Å². The SMILES string of the molecule is [B]c1cc(C)c(C(=O)OC)cc1NC(C)=O. The predicted molar refractivity (Wildman–Crippen MR) is 62.2 cm³/mol. The first-order valence-electron chi connectivity index (χ1n) is 4.71. The van der Waals surface area contributed by atoms with Crippen molar-refractivity contribution in [1.82, 2.24) is 0 Å². The molecule has 0 aliphatic heterocycles. The van der Waals surface area contributed by atoms with Crippen LogP contribution in [0.3, 0.4) is 0 Å². The van der Waals surface area contributed by atoms with E-state index >= 15 is 0 Å². The van der Waals surface area contributed by atoms with Crippen LogP contribution in [0.1, 0.15) is 22.8 Å². The molecule has 1 amide bonds. The highest BCUT2D eigenvalue weighted by atomic mass is 16.5. The number of benzene rings is 1. The fraction of sp³-hybridized carbons (Fsp3) is 0.273. The standard InChI is InChI=1S/C11H12BNO3/c1-6-4-9(12)10(13-7(2)14)5-8(6)11(15)16-3/h4-5H,1-3H3,(H,13,14). The Hall–Kier alpha value is -1.78. The molecule has 2 radical (unpaired) electrons. The molecule has 0 saturated heterocycles. The van der Waals surface area contributed by atoms with Crippen molar-refractivity contribution in [2.75, 3.05) is 12.4 Å². The minimum atomic E-state index is -0.455. The van der Waals surface area contributed by atoms with E-state index < -0.39 is 5.97 Å². The van der Waals surface area contributed by atoms with Gasteiger partial charge in [-0.2, -0.15) is 0 Å². The number of anilines is 1. The Morgan fingerprint density at radius 3 is 2.50 bits per heavy atom. The Bertz CT molecular complexity index is 443. The van der Waals surface area contributed by atoms with Gasteiger partial charge in [0.1, 0.15) is 7.85 Å². The van der Waals surface area contributed by atoms with Crippen molar-refractivity contribution in [1.29, 1.82) is 0 Å². The summed E-state index contributed by atoms with van der Waals surface area (Å²) in [5, 5.41) is 2.55. The molecule has 82 valence electrons. The Morgan fingerprint density at radius 2 is 2.00 bits per heavy atom. The molecule has 1 N–H and O–H groups in total. The number of methoxy groups -OCH3 is 1. The second-order valence-corrected chi connectivity index (χ2v) is 3.43. The van der Waals surface area contributed by atoms with Crippen molar-refractivity contribution in [3.63, 3.8) is 0 Å². The molecule has 1 aromatic rings. The second kappa shape index (κ2) is 4.83. The van der Waals surface area contributed by atoms with Crippen LogP contribution in [0.2, 0.25) is 0 Å². The first-order chi connectivity index (χ1) is 7.45. The summed E-state index contributed by atoms with van der Waals surface area (Å²) in [5.74, 6) is -0.699. The van der Waals surface area contributed by atoms with Crippen molar-refractivity contribution >= 4 is 30.9 Å². The maximum atomic E-state index is 11.4. The molecule has 1 rings (SSSR count). The maximum absolute atomic E-state index is 11.4. The van der Waals surface area contributed by atoms with Crippen LogP contribution in [0.4, 0.5) is 5.69 Å². The van der Waals surface area contributed by atoms with Gasteiger partial charge in [-0.25, -0.2) is 4.79 Å². The molecule has 0 fully saturated rings. The van der Waals surface area contributed by atoms with Gasteiger partial charge in [0.05, 0.1) is 12.7 Å². The van der Waals surface area contributed by atoms with E-state index in [1.165, 1.54) is 20.1 Å². The van der Waals surface area contributed by atoms with Crippen LogP contribution in [-0.4, -0.2) is 26.8 Å². The van der Waals surface area contributed by atoms with Gasteiger partial charge in [-0.1, -0.05) is 11.5 Å². The van der Waals surface area contributed by atoms with Crippen molar-refractivity contribution in [2.24, 2.45) is 0 Å². The molecule has 0 aromatic heterocycles. The number of hydrogen-bond acceptors (Lipinski definition) is 3. The first-order valence-corrected chi connectivity index (χ1v) is 4.71. The number of aryl methyl sites for hydroxylation is 1. The summed E-state index contributed by atoms with van der Waals surface area (Å²) in [7, 11) is 7.02. The van der Waals surface area contributed by atoms with E-state index in [0.29, 0.717) is 22.3 Å². The molecule has 1 aromatic carbocycles. The van der Waals surface area contributed by atoms with Gasteiger partial charge >= 0.3 is 5.97 Å². The van der Waals surface area contributed by atoms with Gasteiger partial charge in [0.15, 0.2) is 0 Å². The lowest BCUT2D eigenvalue weighted by molar-refractivity contribution is -0.114. The molecule has 4 nitrogen and oxygen atoms in total. The summed E-state index contributed by atoms with van der Waals surface area (Å²) < 4.78 is 4.62.